The predicted octanol–water partition coefficient (Wildman–Crippen LogP) is 1.92. The lowest BCUT2D eigenvalue weighted by Crippen LogP contribution is -2.26. The molecule has 0 unspecified atom stereocenters. The Morgan fingerprint density at radius 3 is 2.94 bits per heavy atom. The first-order valence-electron chi connectivity index (χ1n) is 5.52. The molecular weight excluding hydrogens is 204 g/mol. The smallest absolute Gasteiger partial charge is 0.320 e. The standard InChI is InChI=1S/C13H12O3/c1-2-16-12(15)13-7-10(13)8-5-3-4-6-9(8)11(13)14/h3-6,10H,2,7H2,1H3/t10-,13+/m0/s1. The van der Waals surface area contributed by atoms with E-state index in [4.69, 9.17) is 4.74 Å². The molecule has 16 heavy (non-hydrogen) atoms. The number of ketones is 1. The number of benzene rings is 1. The average molecular weight is 216 g/mol. The van der Waals surface area contributed by atoms with E-state index in [1.54, 1.807) is 13.0 Å². The van der Waals surface area contributed by atoms with E-state index in [0.717, 1.165) is 5.56 Å². The van der Waals surface area contributed by atoms with Crippen molar-refractivity contribution in [3.8, 4) is 0 Å². The molecule has 3 heteroatoms. The van der Waals surface area contributed by atoms with Gasteiger partial charge < -0.3 is 4.74 Å². The zero-order valence-electron chi connectivity index (χ0n) is 9.03. The van der Waals surface area contributed by atoms with Crippen LogP contribution < -0.4 is 0 Å². The number of Topliss-reactive ketones (excluding diaryl/α,β-unsaturated/α-hetero) is 1. The molecule has 0 spiro atoms. The van der Waals surface area contributed by atoms with Crippen molar-refractivity contribution in [1.82, 2.24) is 0 Å². The summed E-state index contributed by atoms with van der Waals surface area (Å²) in [6, 6.07) is 7.47. The maximum absolute atomic E-state index is 12.2. The van der Waals surface area contributed by atoms with E-state index in [1.165, 1.54) is 0 Å². The fourth-order valence-electron chi connectivity index (χ4n) is 2.72. The van der Waals surface area contributed by atoms with Crippen LogP contribution in [0.1, 0.15) is 35.2 Å². The van der Waals surface area contributed by atoms with Crippen molar-refractivity contribution >= 4 is 11.8 Å². The van der Waals surface area contributed by atoms with Gasteiger partial charge >= 0.3 is 5.97 Å². The third-order valence-corrected chi connectivity index (χ3v) is 3.59. The van der Waals surface area contributed by atoms with Crippen LogP contribution in [0.3, 0.4) is 0 Å². The Labute approximate surface area is 93.4 Å². The summed E-state index contributed by atoms with van der Waals surface area (Å²) in [6.45, 7) is 2.09. The Balaban J connectivity index is 2.02. The zero-order chi connectivity index (χ0) is 11.3. The lowest BCUT2D eigenvalue weighted by molar-refractivity contribution is -0.147. The van der Waals surface area contributed by atoms with Gasteiger partial charge in [0.05, 0.1) is 6.61 Å². The largest absolute Gasteiger partial charge is 0.465 e. The summed E-state index contributed by atoms with van der Waals surface area (Å²) in [7, 11) is 0. The van der Waals surface area contributed by atoms with E-state index in [2.05, 4.69) is 0 Å². The monoisotopic (exact) mass is 216 g/mol. The van der Waals surface area contributed by atoms with Crippen LogP contribution in [0.15, 0.2) is 24.3 Å². The molecule has 2 atom stereocenters. The third-order valence-electron chi connectivity index (χ3n) is 3.59. The SMILES string of the molecule is CCOC(=O)[C@]12C[C@H]1c1ccccc1C2=O. The number of carbonyl (C=O) groups excluding carboxylic acids is 2. The second kappa shape index (κ2) is 2.94. The first kappa shape index (κ1) is 9.58. The summed E-state index contributed by atoms with van der Waals surface area (Å²) in [5.41, 5.74) is 0.854. The molecule has 1 fully saturated rings. The quantitative estimate of drug-likeness (QED) is 0.560. The van der Waals surface area contributed by atoms with Crippen LogP contribution >= 0.6 is 0 Å². The van der Waals surface area contributed by atoms with Crippen molar-refractivity contribution < 1.29 is 14.3 Å². The number of rotatable bonds is 2. The molecule has 0 N–H and O–H groups in total. The highest BCUT2D eigenvalue weighted by molar-refractivity contribution is 6.20. The van der Waals surface area contributed by atoms with Crippen LogP contribution in [-0.2, 0) is 9.53 Å². The lowest BCUT2D eigenvalue weighted by atomic mass is 9.99. The Hall–Kier alpha value is -1.64. The molecule has 0 saturated heterocycles. The summed E-state index contributed by atoms with van der Waals surface area (Å²) in [5, 5.41) is 0. The molecule has 1 saturated carbocycles. The minimum Gasteiger partial charge on any atom is -0.465 e. The highest BCUT2D eigenvalue weighted by Crippen LogP contribution is 2.66. The van der Waals surface area contributed by atoms with E-state index in [0.29, 0.717) is 18.6 Å². The Kier molecular flexibility index (Phi) is 1.76. The summed E-state index contributed by atoms with van der Waals surface area (Å²) < 4.78 is 5.01. The molecule has 0 heterocycles. The van der Waals surface area contributed by atoms with Crippen molar-refractivity contribution in [2.45, 2.75) is 19.3 Å². The van der Waals surface area contributed by atoms with Crippen LogP contribution in [0.2, 0.25) is 0 Å². The van der Waals surface area contributed by atoms with Crippen molar-refractivity contribution in [2.24, 2.45) is 5.41 Å². The lowest BCUT2D eigenvalue weighted by Gasteiger charge is -2.09. The minimum absolute atomic E-state index is 0.0495. The van der Waals surface area contributed by atoms with Gasteiger partial charge in [0, 0.05) is 11.5 Å². The molecule has 3 nitrogen and oxygen atoms in total. The number of hydrogen-bond donors (Lipinski definition) is 0. The summed E-state index contributed by atoms with van der Waals surface area (Å²) in [5.74, 6) is -0.331. The average Bonchev–Trinajstić information content (AvgIpc) is 3.00. The molecule has 1 aromatic carbocycles. The van der Waals surface area contributed by atoms with Gasteiger partial charge in [0.25, 0.3) is 0 Å². The summed E-state index contributed by atoms with van der Waals surface area (Å²) in [6.07, 6.45) is 0.627. The third kappa shape index (κ3) is 0.932. The van der Waals surface area contributed by atoms with E-state index in [1.807, 2.05) is 18.2 Å². The fraction of sp³-hybridized carbons (Fsp3) is 0.385. The van der Waals surface area contributed by atoms with Gasteiger partial charge in [-0.1, -0.05) is 24.3 Å². The summed E-state index contributed by atoms with van der Waals surface area (Å²) in [4.78, 5) is 24.0. The van der Waals surface area contributed by atoms with Gasteiger partial charge in [0.1, 0.15) is 5.41 Å². The molecule has 2 aliphatic rings. The molecule has 2 aliphatic carbocycles. The van der Waals surface area contributed by atoms with Gasteiger partial charge in [-0.05, 0) is 18.9 Å². The van der Waals surface area contributed by atoms with Gasteiger partial charge in [-0.25, -0.2) is 0 Å². The zero-order valence-corrected chi connectivity index (χ0v) is 9.03. The summed E-state index contributed by atoms with van der Waals surface area (Å²) >= 11 is 0. The van der Waals surface area contributed by atoms with E-state index in [9.17, 15) is 9.59 Å². The maximum Gasteiger partial charge on any atom is 0.320 e. The number of hydrogen-bond acceptors (Lipinski definition) is 3. The molecule has 0 radical (unpaired) electrons. The number of fused-ring (bicyclic) bond motifs is 3. The predicted molar refractivity (Wildman–Crippen MR) is 57.2 cm³/mol. The topological polar surface area (TPSA) is 43.4 Å². The number of carbonyl (C=O) groups is 2. The molecule has 0 amide bonds. The molecule has 0 aliphatic heterocycles. The Morgan fingerprint density at radius 2 is 2.25 bits per heavy atom. The Morgan fingerprint density at radius 1 is 1.50 bits per heavy atom. The van der Waals surface area contributed by atoms with E-state index in [-0.39, 0.29) is 17.7 Å². The van der Waals surface area contributed by atoms with Crippen molar-refractivity contribution in [1.29, 1.82) is 0 Å². The van der Waals surface area contributed by atoms with Crippen molar-refractivity contribution in [3.63, 3.8) is 0 Å². The van der Waals surface area contributed by atoms with Gasteiger partial charge in [-0.2, -0.15) is 0 Å². The number of esters is 1. The minimum atomic E-state index is -0.861. The first-order valence-corrected chi connectivity index (χ1v) is 5.52. The van der Waals surface area contributed by atoms with E-state index < -0.39 is 5.41 Å². The fourth-order valence-corrected chi connectivity index (χ4v) is 2.72. The molecule has 0 bridgehead atoms. The second-order valence-corrected chi connectivity index (χ2v) is 4.36. The van der Waals surface area contributed by atoms with Crippen LogP contribution in [0, 0.1) is 5.41 Å². The molecular formula is C13H12O3. The number of ether oxygens (including phenoxy) is 1. The van der Waals surface area contributed by atoms with Crippen LogP contribution in [0.4, 0.5) is 0 Å². The molecule has 1 aromatic rings. The molecule has 3 rings (SSSR count). The van der Waals surface area contributed by atoms with Gasteiger partial charge in [0.2, 0.25) is 0 Å². The van der Waals surface area contributed by atoms with Gasteiger partial charge in [0.15, 0.2) is 5.78 Å². The van der Waals surface area contributed by atoms with Crippen LogP contribution in [0.25, 0.3) is 0 Å². The van der Waals surface area contributed by atoms with Crippen molar-refractivity contribution in [2.75, 3.05) is 6.61 Å². The van der Waals surface area contributed by atoms with Gasteiger partial charge in [-0.3, -0.25) is 9.59 Å². The second-order valence-electron chi connectivity index (χ2n) is 4.36. The van der Waals surface area contributed by atoms with E-state index >= 15 is 0 Å². The maximum atomic E-state index is 12.2. The molecule has 82 valence electrons. The highest BCUT2D eigenvalue weighted by atomic mass is 16.5. The van der Waals surface area contributed by atoms with Crippen LogP contribution in [-0.4, -0.2) is 18.4 Å². The first-order chi connectivity index (χ1) is 7.71. The molecule has 0 aromatic heterocycles. The normalized spacial score (nSPS) is 29.6. The van der Waals surface area contributed by atoms with Crippen molar-refractivity contribution in [3.05, 3.63) is 35.4 Å². The Bertz CT molecular complexity index is 492. The van der Waals surface area contributed by atoms with Gasteiger partial charge in [-0.15, -0.1) is 0 Å². The highest BCUT2D eigenvalue weighted by Gasteiger charge is 2.71. The van der Waals surface area contributed by atoms with Crippen LogP contribution in [0.5, 0.6) is 0 Å².